The highest BCUT2D eigenvalue weighted by molar-refractivity contribution is 7.98. The lowest BCUT2D eigenvalue weighted by molar-refractivity contribution is 0.318. The average molecular weight is 307 g/mol. The maximum atomic E-state index is 5.69. The van der Waals surface area contributed by atoms with E-state index in [0.29, 0.717) is 0 Å². The molecule has 2 aromatic rings. The Morgan fingerprint density at radius 2 is 1.86 bits per heavy atom. The van der Waals surface area contributed by atoms with Crippen LogP contribution in [0.3, 0.4) is 0 Å². The first-order chi connectivity index (χ1) is 10.2. The fourth-order valence-electron chi connectivity index (χ4n) is 1.91. The Kier molecular flexibility index (Phi) is 5.99. The molecule has 1 heterocycles. The lowest BCUT2D eigenvalue weighted by Gasteiger charge is -2.07. The Bertz CT molecular complexity index is 532. The van der Waals surface area contributed by atoms with Crippen molar-refractivity contribution in [3.63, 3.8) is 0 Å². The molecule has 4 nitrogen and oxygen atoms in total. The van der Waals surface area contributed by atoms with Gasteiger partial charge < -0.3 is 14.0 Å². The van der Waals surface area contributed by atoms with Crippen molar-refractivity contribution in [2.24, 2.45) is 0 Å². The van der Waals surface area contributed by atoms with E-state index < -0.39 is 0 Å². The normalized spacial score (nSPS) is 10.6. The van der Waals surface area contributed by atoms with Crippen LogP contribution < -0.4 is 9.47 Å². The van der Waals surface area contributed by atoms with E-state index in [0.717, 1.165) is 47.5 Å². The number of rotatable bonds is 8. The fourth-order valence-corrected chi connectivity index (χ4v) is 2.99. The molecule has 0 unspecified atom stereocenters. The molecule has 21 heavy (non-hydrogen) atoms. The van der Waals surface area contributed by atoms with Crippen molar-refractivity contribution in [2.75, 3.05) is 19.5 Å². The van der Waals surface area contributed by atoms with Gasteiger partial charge in [-0.05, 0) is 50.3 Å². The quantitative estimate of drug-likeness (QED) is 0.690. The molecule has 0 fully saturated rings. The average Bonchev–Trinajstić information content (AvgIpc) is 2.82. The molecule has 0 bridgehead atoms. The smallest absolute Gasteiger partial charge is 0.137 e. The van der Waals surface area contributed by atoms with E-state index in [1.807, 2.05) is 49.9 Å². The first-order valence-electron chi connectivity index (χ1n) is 6.97. The van der Waals surface area contributed by atoms with Crippen LogP contribution in [0.2, 0.25) is 0 Å². The second kappa shape index (κ2) is 7.98. The molecule has 114 valence electrons. The minimum Gasteiger partial charge on any atom is -0.497 e. The summed E-state index contributed by atoms with van der Waals surface area (Å²) in [5.74, 6) is 4.66. The zero-order valence-corrected chi connectivity index (χ0v) is 13.5. The third kappa shape index (κ3) is 4.70. The van der Waals surface area contributed by atoms with Gasteiger partial charge >= 0.3 is 0 Å². The predicted molar refractivity (Wildman–Crippen MR) is 85.2 cm³/mol. The second-order valence-electron chi connectivity index (χ2n) is 4.73. The fraction of sp³-hybridized carbons (Fsp3) is 0.438. The van der Waals surface area contributed by atoms with Gasteiger partial charge in [0.05, 0.1) is 19.4 Å². The highest BCUT2D eigenvalue weighted by Gasteiger charge is 2.08. The van der Waals surface area contributed by atoms with Gasteiger partial charge in [-0.2, -0.15) is 11.8 Å². The van der Waals surface area contributed by atoms with Crippen LogP contribution in [-0.4, -0.2) is 24.6 Å². The van der Waals surface area contributed by atoms with Crippen LogP contribution in [0.5, 0.6) is 11.5 Å². The summed E-state index contributed by atoms with van der Waals surface area (Å²) >= 11 is 1.88. The zero-order valence-electron chi connectivity index (χ0n) is 12.7. The first-order valence-corrected chi connectivity index (χ1v) is 8.12. The Hall–Kier alpha value is -1.62. The topological polar surface area (TPSA) is 44.5 Å². The van der Waals surface area contributed by atoms with Crippen LogP contribution in [-0.2, 0) is 5.75 Å². The third-order valence-corrected chi connectivity index (χ3v) is 4.26. The summed E-state index contributed by atoms with van der Waals surface area (Å²) in [5.41, 5.74) is 2.21. The Balaban J connectivity index is 1.61. The van der Waals surface area contributed by atoms with E-state index in [-0.39, 0.29) is 0 Å². The van der Waals surface area contributed by atoms with Gasteiger partial charge in [0.2, 0.25) is 0 Å². The van der Waals surface area contributed by atoms with Crippen molar-refractivity contribution in [2.45, 2.75) is 26.0 Å². The van der Waals surface area contributed by atoms with Crippen molar-refractivity contribution in [1.29, 1.82) is 0 Å². The molecule has 0 aliphatic heterocycles. The Morgan fingerprint density at radius 3 is 2.48 bits per heavy atom. The van der Waals surface area contributed by atoms with Gasteiger partial charge in [-0.25, -0.2) is 0 Å². The van der Waals surface area contributed by atoms with Crippen LogP contribution in [0, 0.1) is 13.8 Å². The van der Waals surface area contributed by atoms with Crippen molar-refractivity contribution in [1.82, 2.24) is 5.16 Å². The van der Waals surface area contributed by atoms with Crippen LogP contribution in [0.4, 0.5) is 0 Å². The summed E-state index contributed by atoms with van der Waals surface area (Å²) in [5, 5.41) is 3.96. The predicted octanol–water partition coefficient (Wildman–Crippen LogP) is 4.00. The number of hydrogen-bond donors (Lipinski definition) is 0. The molecule has 0 saturated heterocycles. The summed E-state index contributed by atoms with van der Waals surface area (Å²) < 4.78 is 16.0. The molecular formula is C16H21NO3S. The minimum absolute atomic E-state index is 0.723. The van der Waals surface area contributed by atoms with Gasteiger partial charge in [0.25, 0.3) is 0 Å². The maximum Gasteiger partial charge on any atom is 0.137 e. The SMILES string of the molecule is COc1ccc(OCCCSCc2c(C)noc2C)cc1. The lowest BCUT2D eigenvalue weighted by atomic mass is 10.2. The molecular weight excluding hydrogens is 286 g/mol. The van der Waals surface area contributed by atoms with E-state index in [4.69, 9.17) is 14.0 Å². The van der Waals surface area contributed by atoms with Gasteiger partial charge in [0, 0.05) is 11.3 Å². The molecule has 0 aliphatic carbocycles. The highest BCUT2D eigenvalue weighted by atomic mass is 32.2. The van der Waals surface area contributed by atoms with E-state index in [9.17, 15) is 0 Å². The van der Waals surface area contributed by atoms with E-state index in [2.05, 4.69) is 5.16 Å². The number of nitrogens with zero attached hydrogens (tertiary/aromatic N) is 1. The summed E-state index contributed by atoms with van der Waals surface area (Å²) in [4.78, 5) is 0. The molecule has 1 aromatic carbocycles. The van der Waals surface area contributed by atoms with Crippen molar-refractivity contribution in [3.05, 3.63) is 41.3 Å². The lowest BCUT2D eigenvalue weighted by Crippen LogP contribution is -1.99. The summed E-state index contributed by atoms with van der Waals surface area (Å²) in [7, 11) is 1.66. The molecule has 0 amide bonds. The molecule has 2 rings (SSSR count). The third-order valence-electron chi connectivity index (χ3n) is 3.19. The van der Waals surface area contributed by atoms with E-state index in [1.54, 1.807) is 7.11 Å². The number of thioether (sulfide) groups is 1. The van der Waals surface area contributed by atoms with Gasteiger partial charge in [-0.15, -0.1) is 0 Å². The zero-order chi connectivity index (χ0) is 15.1. The monoisotopic (exact) mass is 307 g/mol. The Labute approximate surface area is 129 Å². The van der Waals surface area contributed by atoms with Crippen LogP contribution in [0.1, 0.15) is 23.4 Å². The van der Waals surface area contributed by atoms with Gasteiger partial charge in [-0.3, -0.25) is 0 Å². The van der Waals surface area contributed by atoms with Crippen LogP contribution >= 0.6 is 11.8 Å². The molecule has 0 aliphatic rings. The van der Waals surface area contributed by atoms with Crippen LogP contribution in [0.25, 0.3) is 0 Å². The van der Waals surface area contributed by atoms with Gasteiger partial charge in [-0.1, -0.05) is 5.16 Å². The van der Waals surface area contributed by atoms with E-state index >= 15 is 0 Å². The standard InChI is InChI=1S/C16H21NO3S/c1-12-16(13(2)20-17-12)11-21-10-4-9-19-15-7-5-14(18-3)6-8-15/h5-8H,4,9-11H2,1-3H3. The largest absolute Gasteiger partial charge is 0.497 e. The summed E-state index contributed by atoms with van der Waals surface area (Å²) in [6.45, 7) is 4.67. The molecule has 1 aromatic heterocycles. The van der Waals surface area contributed by atoms with Crippen molar-refractivity contribution >= 4 is 11.8 Å². The number of benzene rings is 1. The summed E-state index contributed by atoms with van der Waals surface area (Å²) in [6.07, 6.45) is 1.01. The highest BCUT2D eigenvalue weighted by Crippen LogP contribution is 2.20. The molecule has 0 atom stereocenters. The summed E-state index contributed by atoms with van der Waals surface area (Å²) in [6, 6.07) is 7.66. The van der Waals surface area contributed by atoms with Crippen LogP contribution in [0.15, 0.2) is 28.8 Å². The molecule has 5 heteroatoms. The second-order valence-corrected chi connectivity index (χ2v) is 5.84. The van der Waals surface area contributed by atoms with Gasteiger partial charge in [0.15, 0.2) is 0 Å². The number of ether oxygens (including phenoxy) is 2. The van der Waals surface area contributed by atoms with E-state index in [1.165, 1.54) is 5.56 Å². The maximum absolute atomic E-state index is 5.69. The first kappa shape index (κ1) is 15.8. The van der Waals surface area contributed by atoms with Gasteiger partial charge in [0.1, 0.15) is 17.3 Å². The number of aromatic nitrogens is 1. The molecule has 0 N–H and O–H groups in total. The van der Waals surface area contributed by atoms with Crippen molar-refractivity contribution in [3.8, 4) is 11.5 Å². The minimum atomic E-state index is 0.723. The molecule has 0 spiro atoms. The number of aryl methyl sites for hydroxylation is 2. The molecule has 0 saturated carbocycles. The number of methoxy groups -OCH3 is 1. The van der Waals surface area contributed by atoms with Crippen molar-refractivity contribution < 1.29 is 14.0 Å². The Morgan fingerprint density at radius 1 is 1.14 bits per heavy atom. The number of hydrogen-bond acceptors (Lipinski definition) is 5. The molecule has 0 radical (unpaired) electrons.